The van der Waals surface area contributed by atoms with E-state index in [2.05, 4.69) is 19.2 Å². The highest BCUT2D eigenvalue weighted by molar-refractivity contribution is 5.71. The number of nitrogens with two attached hydrogens (primary N) is 1. The second-order valence-corrected chi connectivity index (χ2v) is 4.33. The van der Waals surface area contributed by atoms with Gasteiger partial charge in [0, 0.05) is 6.54 Å². The van der Waals surface area contributed by atoms with Gasteiger partial charge in [0.2, 0.25) is 0 Å². The molecule has 0 saturated heterocycles. The van der Waals surface area contributed by atoms with Crippen LogP contribution < -0.4 is 11.1 Å². The summed E-state index contributed by atoms with van der Waals surface area (Å²) < 4.78 is 0. The number of hydrogen-bond acceptors (Lipinski definition) is 1. The van der Waals surface area contributed by atoms with Crippen LogP contribution in [0.4, 0.5) is 4.79 Å². The molecule has 2 amide bonds. The number of carbonyl (C=O) groups is 1. The van der Waals surface area contributed by atoms with Crippen molar-refractivity contribution < 1.29 is 4.79 Å². The van der Waals surface area contributed by atoms with Crippen molar-refractivity contribution >= 4 is 6.03 Å². The zero-order chi connectivity index (χ0) is 9.19. The third-order valence-corrected chi connectivity index (χ3v) is 2.93. The Labute approximate surface area is 73.7 Å². The van der Waals surface area contributed by atoms with Gasteiger partial charge in [0.25, 0.3) is 0 Å². The molecule has 1 aliphatic rings. The van der Waals surface area contributed by atoms with E-state index in [9.17, 15) is 4.79 Å². The normalized spacial score (nSPS) is 18.5. The van der Waals surface area contributed by atoms with Gasteiger partial charge >= 0.3 is 6.03 Å². The summed E-state index contributed by atoms with van der Waals surface area (Å²) in [6, 6.07) is -0.414. The van der Waals surface area contributed by atoms with Gasteiger partial charge in [-0.2, -0.15) is 0 Å². The van der Waals surface area contributed by atoms with Crippen LogP contribution in [0.15, 0.2) is 0 Å². The molecule has 1 rings (SSSR count). The van der Waals surface area contributed by atoms with Crippen LogP contribution in [0.2, 0.25) is 0 Å². The SMILES string of the molecule is CC(C)(CNC(N)=O)C1CCC1. The number of urea groups is 1. The molecule has 3 nitrogen and oxygen atoms in total. The Bertz CT molecular complexity index is 173. The lowest BCUT2D eigenvalue weighted by atomic mass is 9.67. The largest absolute Gasteiger partial charge is 0.352 e. The topological polar surface area (TPSA) is 55.1 Å². The fraction of sp³-hybridized carbons (Fsp3) is 0.889. The lowest BCUT2D eigenvalue weighted by Gasteiger charge is -2.40. The maximum absolute atomic E-state index is 10.5. The zero-order valence-corrected chi connectivity index (χ0v) is 7.89. The minimum atomic E-state index is -0.414. The number of primary amides is 1. The maximum atomic E-state index is 10.5. The van der Waals surface area contributed by atoms with Gasteiger partial charge in [-0.3, -0.25) is 0 Å². The van der Waals surface area contributed by atoms with E-state index >= 15 is 0 Å². The molecular formula is C9H18N2O. The monoisotopic (exact) mass is 170 g/mol. The Morgan fingerprint density at radius 3 is 2.50 bits per heavy atom. The molecule has 0 radical (unpaired) electrons. The molecule has 0 bridgehead atoms. The molecule has 12 heavy (non-hydrogen) atoms. The average Bonchev–Trinajstić information content (AvgIpc) is 1.78. The van der Waals surface area contributed by atoms with Crippen LogP contribution in [-0.4, -0.2) is 12.6 Å². The van der Waals surface area contributed by atoms with E-state index in [4.69, 9.17) is 5.73 Å². The standard InChI is InChI=1S/C9H18N2O/c1-9(2,6-11-8(10)12)7-4-3-5-7/h7H,3-6H2,1-2H3,(H3,10,11,12). The molecule has 1 aliphatic carbocycles. The first-order chi connectivity index (χ1) is 5.52. The Hall–Kier alpha value is -0.730. The highest BCUT2D eigenvalue weighted by atomic mass is 16.2. The van der Waals surface area contributed by atoms with Gasteiger partial charge in [0.15, 0.2) is 0 Å². The van der Waals surface area contributed by atoms with Crippen molar-refractivity contribution in [2.24, 2.45) is 17.1 Å². The molecule has 0 aromatic carbocycles. The summed E-state index contributed by atoms with van der Waals surface area (Å²) in [5, 5.41) is 2.67. The van der Waals surface area contributed by atoms with Crippen LogP contribution in [-0.2, 0) is 0 Å². The number of rotatable bonds is 3. The van der Waals surface area contributed by atoms with E-state index in [0.29, 0.717) is 6.54 Å². The zero-order valence-electron chi connectivity index (χ0n) is 7.89. The van der Waals surface area contributed by atoms with Crippen molar-refractivity contribution in [2.45, 2.75) is 33.1 Å². The van der Waals surface area contributed by atoms with Crippen LogP contribution in [0, 0.1) is 11.3 Å². The summed E-state index contributed by atoms with van der Waals surface area (Å²) in [4.78, 5) is 10.5. The minimum Gasteiger partial charge on any atom is -0.352 e. The molecule has 0 spiro atoms. The Morgan fingerprint density at radius 1 is 1.58 bits per heavy atom. The number of hydrogen-bond donors (Lipinski definition) is 2. The third-order valence-electron chi connectivity index (χ3n) is 2.93. The van der Waals surface area contributed by atoms with E-state index in [0.717, 1.165) is 5.92 Å². The summed E-state index contributed by atoms with van der Waals surface area (Å²) in [7, 11) is 0. The second-order valence-electron chi connectivity index (χ2n) is 4.33. The molecular weight excluding hydrogens is 152 g/mol. The number of nitrogens with one attached hydrogen (secondary N) is 1. The van der Waals surface area contributed by atoms with Crippen molar-refractivity contribution in [1.29, 1.82) is 0 Å². The quantitative estimate of drug-likeness (QED) is 0.662. The van der Waals surface area contributed by atoms with Gasteiger partial charge < -0.3 is 11.1 Å². The third kappa shape index (κ3) is 2.13. The molecule has 3 N–H and O–H groups in total. The van der Waals surface area contributed by atoms with Crippen molar-refractivity contribution in [3.05, 3.63) is 0 Å². The van der Waals surface area contributed by atoms with Gasteiger partial charge in [-0.15, -0.1) is 0 Å². The highest BCUT2D eigenvalue weighted by Crippen LogP contribution is 2.40. The molecule has 0 unspecified atom stereocenters. The van der Waals surface area contributed by atoms with Crippen molar-refractivity contribution in [2.75, 3.05) is 6.54 Å². The molecule has 70 valence electrons. The molecule has 1 saturated carbocycles. The van der Waals surface area contributed by atoms with Gasteiger partial charge in [-0.05, 0) is 24.2 Å². The maximum Gasteiger partial charge on any atom is 0.312 e. The van der Waals surface area contributed by atoms with Crippen molar-refractivity contribution in [3.63, 3.8) is 0 Å². The van der Waals surface area contributed by atoms with Crippen LogP contribution >= 0.6 is 0 Å². The molecule has 0 atom stereocenters. The molecule has 0 heterocycles. The summed E-state index contributed by atoms with van der Waals surface area (Å²) in [6.07, 6.45) is 3.94. The molecule has 0 aromatic heterocycles. The van der Waals surface area contributed by atoms with E-state index in [1.54, 1.807) is 0 Å². The lowest BCUT2D eigenvalue weighted by Crippen LogP contribution is -2.42. The summed E-state index contributed by atoms with van der Waals surface area (Å²) in [5.41, 5.74) is 5.22. The van der Waals surface area contributed by atoms with Crippen LogP contribution in [0.3, 0.4) is 0 Å². The van der Waals surface area contributed by atoms with Crippen molar-refractivity contribution in [1.82, 2.24) is 5.32 Å². The average molecular weight is 170 g/mol. The molecule has 0 aromatic rings. The minimum absolute atomic E-state index is 0.216. The van der Waals surface area contributed by atoms with E-state index in [-0.39, 0.29) is 5.41 Å². The fourth-order valence-electron chi connectivity index (χ4n) is 1.65. The first-order valence-electron chi connectivity index (χ1n) is 4.56. The Balaban J connectivity index is 2.31. The fourth-order valence-corrected chi connectivity index (χ4v) is 1.65. The van der Waals surface area contributed by atoms with Gasteiger partial charge in [0.1, 0.15) is 0 Å². The van der Waals surface area contributed by atoms with Gasteiger partial charge in [-0.1, -0.05) is 20.3 Å². The number of carbonyl (C=O) groups excluding carboxylic acids is 1. The summed E-state index contributed by atoms with van der Waals surface area (Å²) in [5.74, 6) is 0.768. The lowest BCUT2D eigenvalue weighted by molar-refractivity contribution is 0.121. The van der Waals surface area contributed by atoms with Gasteiger partial charge in [-0.25, -0.2) is 4.79 Å². The predicted molar refractivity (Wildman–Crippen MR) is 48.7 cm³/mol. The number of amides is 2. The van der Waals surface area contributed by atoms with Gasteiger partial charge in [0.05, 0.1) is 0 Å². The highest BCUT2D eigenvalue weighted by Gasteiger charge is 2.33. The smallest absolute Gasteiger partial charge is 0.312 e. The first-order valence-corrected chi connectivity index (χ1v) is 4.56. The summed E-state index contributed by atoms with van der Waals surface area (Å²) >= 11 is 0. The van der Waals surface area contributed by atoms with E-state index < -0.39 is 6.03 Å². The predicted octanol–water partition coefficient (Wildman–Crippen LogP) is 1.48. The van der Waals surface area contributed by atoms with Crippen molar-refractivity contribution in [3.8, 4) is 0 Å². The van der Waals surface area contributed by atoms with Crippen LogP contribution in [0.1, 0.15) is 33.1 Å². The van der Waals surface area contributed by atoms with Crippen LogP contribution in [0.5, 0.6) is 0 Å². The van der Waals surface area contributed by atoms with E-state index in [1.165, 1.54) is 19.3 Å². The summed E-state index contributed by atoms with van der Waals surface area (Å²) in [6.45, 7) is 5.08. The molecule has 0 aliphatic heterocycles. The Morgan fingerprint density at radius 2 is 2.17 bits per heavy atom. The van der Waals surface area contributed by atoms with E-state index in [1.807, 2.05) is 0 Å². The van der Waals surface area contributed by atoms with Crippen LogP contribution in [0.25, 0.3) is 0 Å². The molecule has 1 fully saturated rings. The Kier molecular flexibility index (Phi) is 2.60. The second kappa shape index (κ2) is 3.33. The molecule has 3 heteroatoms. The first kappa shape index (κ1) is 9.36.